The smallest absolute Gasteiger partial charge is 1.00 e. The molecule has 2 heterocycles. The van der Waals surface area contributed by atoms with E-state index in [4.69, 9.17) is 0 Å². The molecule has 1 unspecified atom stereocenters. The summed E-state index contributed by atoms with van der Waals surface area (Å²) in [6, 6.07) is 6.99. The zero-order valence-corrected chi connectivity index (χ0v) is 13.1. The Kier molecular flexibility index (Phi) is 4.24. The number of fused-ring (bicyclic) bond motifs is 1. The molecule has 1 atom stereocenters. The van der Waals surface area contributed by atoms with Crippen molar-refractivity contribution in [2.75, 3.05) is 0 Å². The molecular formula is C12H12KN3O2. The van der Waals surface area contributed by atoms with E-state index in [-0.39, 0.29) is 58.7 Å². The Morgan fingerprint density at radius 3 is 2.72 bits per heavy atom. The first kappa shape index (κ1) is 13.8. The summed E-state index contributed by atoms with van der Waals surface area (Å²) >= 11 is 0. The fourth-order valence-electron chi connectivity index (χ4n) is 2.12. The minimum absolute atomic E-state index is 0. The van der Waals surface area contributed by atoms with E-state index in [1.165, 1.54) is 0 Å². The van der Waals surface area contributed by atoms with Crippen LogP contribution < -0.4 is 62.0 Å². The molecule has 6 heteroatoms. The molecule has 3 amide bonds. The average molecular weight is 269 g/mol. The zero-order valence-electron chi connectivity index (χ0n) is 11.0. The van der Waals surface area contributed by atoms with Crippen LogP contribution in [0.25, 0.3) is 10.9 Å². The van der Waals surface area contributed by atoms with E-state index >= 15 is 0 Å². The van der Waals surface area contributed by atoms with Crippen LogP contribution in [0.15, 0.2) is 30.5 Å². The number of imide groups is 1. The number of para-hydroxylation sites is 1. The van der Waals surface area contributed by atoms with E-state index in [9.17, 15) is 9.59 Å². The number of hydrogen-bond donors (Lipinski definition) is 3. The number of rotatable bonds is 2. The molecule has 1 aromatic heterocycles. The van der Waals surface area contributed by atoms with Gasteiger partial charge in [-0.1, -0.05) is 18.2 Å². The largest absolute Gasteiger partial charge is 1.00 e. The maximum atomic E-state index is 11.4. The van der Waals surface area contributed by atoms with Gasteiger partial charge in [0.05, 0.1) is 0 Å². The SMILES string of the molecule is O=C1NC(=O)C(Cc2c[nH]c3ccccc23)N1.[H-].[K+]. The predicted molar refractivity (Wildman–Crippen MR) is 63.6 cm³/mol. The number of nitrogens with one attached hydrogen (secondary N) is 3. The molecule has 3 rings (SSSR count). The Labute approximate surface area is 148 Å². The topological polar surface area (TPSA) is 74.0 Å². The van der Waals surface area contributed by atoms with Crippen molar-refractivity contribution in [1.29, 1.82) is 0 Å². The summed E-state index contributed by atoms with van der Waals surface area (Å²) in [6.45, 7) is 0. The number of hydrogen-bond acceptors (Lipinski definition) is 2. The monoisotopic (exact) mass is 269 g/mol. The van der Waals surface area contributed by atoms with Gasteiger partial charge in [0.15, 0.2) is 0 Å². The minimum atomic E-state index is -0.471. The Balaban J connectivity index is 0.000000902. The molecule has 1 saturated heterocycles. The zero-order chi connectivity index (χ0) is 11.8. The van der Waals surface area contributed by atoms with Crippen molar-refractivity contribution in [1.82, 2.24) is 15.6 Å². The summed E-state index contributed by atoms with van der Waals surface area (Å²) < 4.78 is 0. The van der Waals surface area contributed by atoms with Gasteiger partial charge < -0.3 is 11.7 Å². The Bertz CT molecular complexity index is 614. The van der Waals surface area contributed by atoms with Gasteiger partial charge in [0.2, 0.25) is 0 Å². The summed E-state index contributed by atoms with van der Waals surface area (Å²) in [5, 5.41) is 5.91. The van der Waals surface area contributed by atoms with Crippen LogP contribution in [0.5, 0.6) is 0 Å². The standard InChI is InChI=1S/C12H11N3O2.K.H/c16-11-10(14-12(17)15-11)5-7-6-13-9-4-2-1-3-8(7)9;;/h1-4,6,10,13H,5H2,(H2,14,15,16,17);;/q;+1;-1. The Morgan fingerprint density at radius 1 is 1.22 bits per heavy atom. The summed E-state index contributed by atoms with van der Waals surface area (Å²) in [6.07, 6.45) is 2.38. The molecule has 1 aliphatic rings. The molecule has 88 valence electrons. The van der Waals surface area contributed by atoms with Gasteiger partial charge in [-0.15, -0.1) is 0 Å². The van der Waals surface area contributed by atoms with Crippen LogP contribution in [0.3, 0.4) is 0 Å². The minimum Gasteiger partial charge on any atom is -1.00 e. The van der Waals surface area contributed by atoms with Crippen LogP contribution in [-0.2, 0) is 11.2 Å². The molecule has 1 fully saturated rings. The van der Waals surface area contributed by atoms with Gasteiger partial charge in [0.25, 0.3) is 5.91 Å². The maximum absolute atomic E-state index is 11.4. The van der Waals surface area contributed by atoms with E-state index in [0.29, 0.717) is 6.42 Å². The number of carbonyl (C=O) groups excluding carboxylic acids is 2. The van der Waals surface area contributed by atoms with E-state index in [0.717, 1.165) is 16.5 Å². The van der Waals surface area contributed by atoms with Gasteiger partial charge in [-0.05, 0) is 11.6 Å². The first-order valence-electron chi connectivity index (χ1n) is 5.40. The molecule has 18 heavy (non-hydrogen) atoms. The third-order valence-electron chi connectivity index (χ3n) is 2.96. The molecule has 0 spiro atoms. The molecule has 0 radical (unpaired) electrons. The third kappa shape index (κ3) is 2.52. The predicted octanol–water partition coefficient (Wildman–Crippen LogP) is -1.97. The third-order valence-corrected chi connectivity index (χ3v) is 2.96. The van der Waals surface area contributed by atoms with Crippen molar-refractivity contribution < 1.29 is 62.4 Å². The Morgan fingerprint density at radius 2 is 2.00 bits per heavy atom. The van der Waals surface area contributed by atoms with Gasteiger partial charge >= 0.3 is 57.4 Å². The number of urea groups is 1. The molecule has 2 aromatic rings. The van der Waals surface area contributed by atoms with Gasteiger partial charge in [-0.2, -0.15) is 0 Å². The second kappa shape index (κ2) is 5.54. The van der Waals surface area contributed by atoms with Gasteiger partial charge in [0.1, 0.15) is 6.04 Å². The molecule has 5 nitrogen and oxygen atoms in total. The van der Waals surface area contributed by atoms with Crippen molar-refractivity contribution in [3.05, 3.63) is 36.0 Å². The maximum Gasteiger partial charge on any atom is 1.00 e. The number of carbonyl (C=O) groups is 2. The molecule has 3 N–H and O–H groups in total. The van der Waals surface area contributed by atoms with Gasteiger partial charge in [0, 0.05) is 23.5 Å². The summed E-state index contributed by atoms with van der Waals surface area (Å²) in [5.74, 6) is -0.264. The fraction of sp³-hybridized carbons (Fsp3) is 0.167. The van der Waals surface area contributed by atoms with Crippen molar-refractivity contribution in [3.63, 3.8) is 0 Å². The van der Waals surface area contributed by atoms with Crippen LogP contribution in [-0.4, -0.2) is 23.0 Å². The number of H-pyrrole nitrogens is 1. The molecular weight excluding hydrogens is 257 g/mol. The number of amides is 3. The molecule has 0 saturated carbocycles. The van der Waals surface area contributed by atoms with Crippen LogP contribution in [0.4, 0.5) is 4.79 Å². The molecule has 0 bridgehead atoms. The normalized spacial score (nSPS) is 18.3. The summed E-state index contributed by atoms with van der Waals surface area (Å²) in [4.78, 5) is 25.6. The second-order valence-electron chi connectivity index (χ2n) is 4.08. The van der Waals surface area contributed by atoms with Crippen LogP contribution in [0, 0.1) is 0 Å². The van der Waals surface area contributed by atoms with Crippen LogP contribution in [0.2, 0.25) is 0 Å². The molecule has 1 aliphatic heterocycles. The summed E-state index contributed by atoms with van der Waals surface area (Å²) in [7, 11) is 0. The number of benzene rings is 1. The Hall–Kier alpha value is -0.664. The van der Waals surface area contributed by atoms with Crippen molar-refractivity contribution in [3.8, 4) is 0 Å². The van der Waals surface area contributed by atoms with E-state index in [1.54, 1.807) is 0 Å². The van der Waals surface area contributed by atoms with E-state index < -0.39 is 12.1 Å². The fourth-order valence-corrected chi connectivity index (χ4v) is 2.12. The molecule has 0 aliphatic carbocycles. The van der Waals surface area contributed by atoms with Crippen LogP contribution in [0.1, 0.15) is 6.99 Å². The van der Waals surface area contributed by atoms with Gasteiger partial charge in [-0.25, -0.2) is 4.79 Å². The van der Waals surface area contributed by atoms with Crippen LogP contribution >= 0.6 is 0 Å². The first-order chi connectivity index (χ1) is 8.24. The number of aromatic nitrogens is 1. The van der Waals surface area contributed by atoms with Crippen molar-refractivity contribution >= 4 is 22.8 Å². The first-order valence-corrected chi connectivity index (χ1v) is 5.40. The quantitative estimate of drug-likeness (QED) is 0.437. The van der Waals surface area contributed by atoms with Crippen molar-refractivity contribution in [2.45, 2.75) is 12.5 Å². The number of aromatic amines is 1. The van der Waals surface area contributed by atoms with Gasteiger partial charge in [-0.3, -0.25) is 10.1 Å². The molecule has 1 aromatic carbocycles. The summed E-state index contributed by atoms with van der Waals surface area (Å²) in [5.41, 5.74) is 2.06. The average Bonchev–Trinajstić information content (AvgIpc) is 2.85. The van der Waals surface area contributed by atoms with E-state index in [2.05, 4.69) is 15.6 Å². The van der Waals surface area contributed by atoms with E-state index in [1.807, 2.05) is 30.5 Å². The second-order valence-corrected chi connectivity index (χ2v) is 4.08. The van der Waals surface area contributed by atoms with Crippen molar-refractivity contribution in [2.24, 2.45) is 0 Å².